The van der Waals surface area contributed by atoms with Crippen molar-refractivity contribution in [3.63, 3.8) is 0 Å². The number of rotatable bonds is 3. The monoisotopic (exact) mass is 233 g/mol. The highest BCUT2D eigenvalue weighted by atomic mass is 35.5. The molecule has 2 nitrogen and oxygen atoms in total. The predicted molar refractivity (Wildman–Crippen MR) is 68.1 cm³/mol. The Bertz CT molecular complexity index is 571. The van der Waals surface area contributed by atoms with Crippen molar-refractivity contribution in [1.82, 2.24) is 4.57 Å². The van der Waals surface area contributed by atoms with Gasteiger partial charge in [0.15, 0.2) is 5.43 Å². The lowest BCUT2D eigenvalue weighted by atomic mass is 10.2. The fraction of sp³-hybridized carbons (Fsp3) is 0.154. The Labute approximate surface area is 98.8 Å². The lowest BCUT2D eigenvalue weighted by molar-refractivity contribution is 0.850. The number of halogens is 1. The molecular formula is C13H12ClNO. The number of hydrogen-bond acceptors (Lipinski definition) is 1. The van der Waals surface area contributed by atoms with Crippen LogP contribution < -0.4 is 5.43 Å². The van der Waals surface area contributed by atoms with Crippen LogP contribution in [0.4, 0.5) is 0 Å². The smallest absolute Gasteiger partial charge is 0.189 e. The van der Waals surface area contributed by atoms with Crippen LogP contribution in [0.3, 0.4) is 0 Å². The van der Waals surface area contributed by atoms with Gasteiger partial charge in [0, 0.05) is 30.1 Å². The standard InChI is InChI=1S/C13H12ClNO/c14-8-3-4-9-15-10-7-13(16)11-5-1-2-6-12(11)15/h1-7,10H,8-9H2. The van der Waals surface area contributed by atoms with Gasteiger partial charge in [-0.2, -0.15) is 0 Å². The Balaban J connectivity index is 2.50. The molecule has 0 saturated heterocycles. The third-order valence-corrected chi connectivity index (χ3v) is 2.62. The first-order chi connectivity index (χ1) is 7.83. The first-order valence-electron chi connectivity index (χ1n) is 5.12. The van der Waals surface area contributed by atoms with E-state index in [9.17, 15) is 4.79 Å². The van der Waals surface area contributed by atoms with Gasteiger partial charge >= 0.3 is 0 Å². The molecule has 3 heteroatoms. The fourth-order valence-corrected chi connectivity index (χ4v) is 1.80. The summed E-state index contributed by atoms with van der Waals surface area (Å²) in [5.74, 6) is 0.512. The summed E-state index contributed by atoms with van der Waals surface area (Å²) in [6.45, 7) is 0.730. The second kappa shape index (κ2) is 4.99. The highest BCUT2D eigenvalue weighted by Gasteiger charge is 1.99. The molecule has 0 saturated carbocycles. The Morgan fingerprint density at radius 2 is 2.00 bits per heavy atom. The Morgan fingerprint density at radius 3 is 2.81 bits per heavy atom. The zero-order valence-electron chi connectivity index (χ0n) is 8.77. The van der Waals surface area contributed by atoms with Crippen LogP contribution in [0.15, 0.2) is 53.5 Å². The topological polar surface area (TPSA) is 22.0 Å². The van der Waals surface area contributed by atoms with Crippen LogP contribution in [0.25, 0.3) is 10.9 Å². The van der Waals surface area contributed by atoms with Crippen molar-refractivity contribution in [3.05, 3.63) is 58.9 Å². The van der Waals surface area contributed by atoms with Gasteiger partial charge in [0.1, 0.15) is 0 Å². The van der Waals surface area contributed by atoms with Crippen molar-refractivity contribution in [2.75, 3.05) is 5.88 Å². The van der Waals surface area contributed by atoms with E-state index in [4.69, 9.17) is 11.6 Å². The maximum absolute atomic E-state index is 11.6. The van der Waals surface area contributed by atoms with E-state index in [0.717, 1.165) is 17.4 Å². The molecule has 0 fully saturated rings. The van der Waals surface area contributed by atoms with Crippen LogP contribution in [0.2, 0.25) is 0 Å². The molecule has 1 aromatic carbocycles. The Hall–Kier alpha value is -1.54. The minimum atomic E-state index is 0.0631. The van der Waals surface area contributed by atoms with Crippen molar-refractivity contribution in [2.24, 2.45) is 0 Å². The van der Waals surface area contributed by atoms with E-state index in [1.54, 1.807) is 6.07 Å². The first kappa shape index (κ1) is 11.0. The molecule has 1 aromatic heterocycles. The molecule has 0 aliphatic heterocycles. The summed E-state index contributed by atoms with van der Waals surface area (Å²) in [7, 11) is 0. The largest absolute Gasteiger partial charge is 0.343 e. The summed E-state index contributed by atoms with van der Waals surface area (Å²) in [5.41, 5.74) is 1.02. The molecule has 2 rings (SSSR count). The molecule has 0 unspecified atom stereocenters. The second-order valence-corrected chi connectivity index (χ2v) is 3.78. The van der Waals surface area contributed by atoms with E-state index in [1.807, 2.05) is 47.2 Å². The number of allylic oxidation sites excluding steroid dienone is 2. The number of aromatic nitrogens is 1. The maximum Gasteiger partial charge on any atom is 0.189 e. The number of para-hydroxylation sites is 1. The SMILES string of the molecule is O=c1ccn(CC=CCCl)c2ccccc12. The van der Waals surface area contributed by atoms with Crippen LogP contribution in [-0.4, -0.2) is 10.4 Å². The van der Waals surface area contributed by atoms with E-state index in [-0.39, 0.29) is 5.43 Å². The lowest BCUT2D eigenvalue weighted by Crippen LogP contribution is -2.06. The number of benzene rings is 1. The molecule has 0 spiro atoms. The summed E-state index contributed by atoms with van der Waals surface area (Å²) in [6.07, 6.45) is 5.70. The third kappa shape index (κ3) is 2.17. The Kier molecular flexibility index (Phi) is 3.42. The van der Waals surface area contributed by atoms with Crippen molar-refractivity contribution >= 4 is 22.5 Å². The second-order valence-electron chi connectivity index (χ2n) is 3.48. The van der Waals surface area contributed by atoms with Crippen molar-refractivity contribution < 1.29 is 0 Å². The molecule has 0 N–H and O–H groups in total. The highest BCUT2D eigenvalue weighted by molar-refractivity contribution is 6.18. The van der Waals surface area contributed by atoms with Crippen LogP contribution in [0, 0.1) is 0 Å². The molecule has 0 aliphatic carbocycles. The van der Waals surface area contributed by atoms with Gasteiger partial charge in [0.2, 0.25) is 0 Å². The average molecular weight is 234 g/mol. The van der Waals surface area contributed by atoms with Crippen molar-refractivity contribution in [3.8, 4) is 0 Å². The normalized spacial score (nSPS) is 11.3. The van der Waals surface area contributed by atoms with Crippen LogP contribution in [0.5, 0.6) is 0 Å². The van der Waals surface area contributed by atoms with Gasteiger partial charge in [-0.3, -0.25) is 4.79 Å². The number of pyridine rings is 1. The maximum atomic E-state index is 11.6. The number of nitrogens with zero attached hydrogens (tertiary/aromatic N) is 1. The molecule has 0 radical (unpaired) electrons. The zero-order valence-corrected chi connectivity index (χ0v) is 9.52. The van der Waals surface area contributed by atoms with E-state index in [1.165, 1.54) is 0 Å². The average Bonchev–Trinajstić information content (AvgIpc) is 2.33. The van der Waals surface area contributed by atoms with E-state index >= 15 is 0 Å². The first-order valence-corrected chi connectivity index (χ1v) is 5.65. The molecule has 2 aromatic rings. The summed E-state index contributed by atoms with van der Waals surface area (Å²) >= 11 is 5.57. The van der Waals surface area contributed by atoms with Gasteiger partial charge in [-0.05, 0) is 12.1 Å². The lowest BCUT2D eigenvalue weighted by Gasteiger charge is -2.07. The summed E-state index contributed by atoms with van der Waals surface area (Å²) in [5, 5.41) is 0.754. The van der Waals surface area contributed by atoms with E-state index in [0.29, 0.717) is 5.88 Å². The zero-order chi connectivity index (χ0) is 11.4. The van der Waals surface area contributed by atoms with Gasteiger partial charge in [0.05, 0.1) is 5.52 Å². The van der Waals surface area contributed by atoms with E-state index < -0.39 is 0 Å². The molecule has 0 amide bonds. The molecule has 82 valence electrons. The quantitative estimate of drug-likeness (QED) is 0.590. The third-order valence-electron chi connectivity index (χ3n) is 2.44. The summed E-state index contributed by atoms with van der Waals surface area (Å²) < 4.78 is 2.03. The molecule has 16 heavy (non-hydrogen) atoms. The van der Waals surface area contributed by atoms with Gasteiger partial charge in [-0.25, -0.2) is 0 Å². The van der Waals surface area contributed by atoms with Crippen LogP contribution in [-0.2, 0) is 6.54 Å². The number of fused-ring (bicyclic) bond motifs is 1. The van der Waals surface area contributed by atoms with E-state index in [2.05, 4.69) is 0 Å². The van der Waals surface area contributed by atoms with Gasteiger partial charge in [-0.15, -0.1) is 11.6 Å². The summed E-state index contributed by atoms with van der Waals surface area (Å²) in [6, 6.07) is 9.20. The van der Waals surface area contributed by atoms with Gasteiger partial charge in [0.25, 0.3) is 0 Å². The highest BCUT2D eigenvalue weighted by Crippen LogP contribution is 2.09. The molecule has 0 bridgehead atoms. The molecule has 0 atom stereocenters. The number of alkyl halides is 1. The minimum absolute atomic E-state index is 0.0631. The predicted octanol–water partition coefficient (Wildman–Crippen LogP) is 2.80. The van der Waals surface area contributed by atoms with Gasteiger partial charge < -0.3 is 4.57 Å². The minimum Gasteiger partial charge on any atom is -0.343 e. The van der Waals surface area contributed by atoms with Crippen molar-refractivity contribution in [1.29, 1.82) is 0 Å². The molecule has 0 aliphatic rings. The van der Waals surface area contributed by atoms with Crippen LogP contribution in [0.1, 0.15) is 0 Å². The summed E-state index contributed by atoms with van der Waals surface area (Å²) in [4.78, 5) is 11.6. The Morgan fingerprint density at radius 1 is 1.19 bits per heavy atom. The van der Waals surface area contributed by atoms with Crippen molar-refractivity contribution in [2.45, 2.75) is 6.54 Å². The molecule has 1 heterocycles. The molecular weight excluding hydrogens is 222 g/mol. The number of hydrogen-bond donors (Lipinski definition) is 0. The fourth-order valence-electron chi connectivity index (χ4n) is 1.67. The van der Waals surface area contributed by atoms with Crippen LogP contribution >= 0.6 is 11.6 Å². The van der Waals surface area contributed by atoms with Gasteiger partial charge in [-0.1, -0.05) is 24.3 Å².